The molecule has 0 spiro atoms. The van der Waals surface area contributed by atoms with E-state index in [-0.39, 0.29) is 11.9 Å². The number of hydrogen-bond acceptors (Lipinski definition) is 4. The standard InChI is InChI=1S/C20H20ClN3O3S/c1-11-17(18(24-20(28)22-11)12-7-5-4-6-8-12)19(25)23-14-10-15(26-2)13(21)9-16(14)27-3/h4-10,18H,1-3H3,(H,23,25)(H2,22,24,28). The van der Waals surface area contributed by atoms with E-state index >= 15 is 0 Å². The van der Waals surface area contributed by atoms with Crippen molar-refractivity contribution in [2.75, 3.05) is 19.5 Å². The maximum Gasteiger partial charge on any atom is 0.255 e. The highest BCUT2D eigenvalue weighted by atomic mass is 35.5. The van der Waals surface area contributed by atoms with Crippen molar-refractivity contribution in [2.24, 2.45) is 0 Å². The average Bonchev–Trinajstić information content (AvgIpc) is 2.68. The molecule has 0 radical (unpaired) electrons. The molecule has 0 bridgehead atoms. The van der Waals surface area contributed by atoms with Gasteiger partial charge in [0.05, 0.1) is 36.5 Å². The molecule has 8 heteroatoms. The largest absolute Gasteiger partial charge is 0.495 e. The van der Waals surface area contributed by atoms with Gasteiger partial charge >= 0.3 is 0 Å². The van der Waals surface area contributed by atoms with Gasteiger partial charge in [0.25, 0.3) is 5.91 Å². The van der Waals surface area contributed by atoms with Crippen molar-refractivity contribution in [3.8, 4) is 11.5 Å². The van der Waals surface area contributed by atoms with Crippen LogP contribution in [0.5, 0.6) is 11.5 Å². The maximum absolute atomic E-state index is 13.2. The van der Waals surface area contributed by atoms with E-state index in [1.165, 1.54) is 14.2 Å². The van der Waals surface area contributed by atoms with Gasteiger partial charge in [0.15, 0.2) is 5.11 Å². The first kappa shape index (κ1) is 20.0. The summed E-state index contributed by atoms with van der Waals surface area (Å²) >= 11 is 11.4. The zero-order chi connectivity index (χ0) is 20.3. The fourth-order valence-corrected chi connectivity index (χ4v) is 3.54. The smallest absolute Gasteiger partial charge is 0.255 e. The fourth-order valence-electron chi connectivity index (χ4n) is 3.04. The highest BCUT2D eigenvalue weighted by Crippen LogP contribution is 2.37. The summed E-state index contributed by atoms with van der Waals surface area (Å²) in [5.41, 5.74) is 2.58. The molecular formula is C20H20ClN3O3S. The second-order valence-electron chi connectivity index (χ2n) is 6.12. The number of anilines is 1. The van der Waals surface area contributed by atoms with E-state index in [1.54, 1.807) is 12.1 Å². The van der Waals surface area contributed by atoms with Crippen molar-refractivity contribution in [3.05, 3.63) is 64.3 Å². The summed E-state index contributed by atoms with van der Waals surface area (Å²) in [5, 5.41) is 9.93. The van der Waals surface area contributed by atoms with Crippen molar-refractivity contribution >= 4 is 40.5 Å². The monoisotopic (exact) mass is 417 g/mol. The van der Waals surface area contributed by atoms with Crippen LogP contribution in [-0.2, 0) is 4.79 Å². The number of ether oxygens (including phenoxy) is 2. The van der Waals surface area contributed by atoms with Crippen LogP contribution in [0, 0.1) is 0 Å². The molecule has 0 saturated carbocycles. The van der Waals surface area contributed by atoms with Gasteiger partial charge < -0.3 is 25.4 Å². The molecule has 3 rings (SSSR count). The summed E-state index contributed by atoms with van der Waals surface area (Å²) in [4.78, 5) is 13.2. The number of nitrogens with one attached hydrogen (secondary N) is 3. The Morgan fingerprint density at radius 1 is 1.14 bits per heavy atom. The molecule has 0 fully saturated rings. The van der Waals surface area contributed by atoms with Gasteiger partial charge in [-0.25, -0.2) is 0 Å². The van der Waals surface area contributed by atoms with Crippen LogP contribution in [0.25, 0.3) is 0 Å². The Hall–Kier alpha value is -2.77. The number of halogens is 1. The van der Waals surface area contributed by atoms with Crippen LogP contribution in [0.15, 0.2) is 53.7 Å². The molecule has 2 aromatic carbocycles. The molecule has 0 aromatic heterocycles. The van der Waals surface area contributed by atoms with E-state index in [0.29, 0.717) is 38.6 Å². The predicted molar refractivity (Wildman–Crippen MR) is 114 cm³/mol. The average molecular weight is 418 g/mol. The first-order valence-electron chi connectivity index (χ1n) is 8.50. The molecule has 6 nitrogen and oxygen atoms in total. The molecule has 2 aromatic rings. The summed E-state index contributed by atoms with van der Waals surface area (Å²) in [7, 11) is 3.01. The van der Waals surface area contributed by atoms with Gasteiger partial charge in [0.2, 0.25) is 0 Å². The second kappa shape index (κ2) is 8.50. The lowest BCUT2D eigenvalue weighted by Gasteiger charge is -2.30. The molecule has 1 atom stereocenters. The molecule has 1 aliphatic rings. The zero-order valence-corrected chi connectivity index (χ0v) is 17.2. The van der Waals surface area contributed by atoms with Crippen molar-refractivity contribution in [1.82, 2.24) is 10.6 Å². The van der Waals surface area contributed by atoms with E-state index < -0.39 is 0 Å². The summed E-state index contributed by atoms with van der Waals surface area (Å²) < 4.78 is 10.6. The van der Waals surface area contributed by atoms with Gasteiger partial charge in [-0.05, 0) is 24.7 Å². The Balaban J connectivity index is 1.98. The summed E-state index contributed by atoms with van der Waals surface area (Å²) in [6.45, 7) is 1.82. The zero-order valence-electron chi connectivity index (χ0n) is 15.6. The molecule has 146 valence electrons. The molecule has 1 unspecified atom stereocenters. The Bertz CT molecular complexity index is 947. The van der Waals surface area contributed by atoms with Gasteiger partial charge in [0, 0.05) is 17.8 Å². The van der Waals surface area contributed by atoms with E-state index in [0.717, 1.165) is 5.56 Å². The third-order valence-corrected chi connectivity index (χ3v) is 4.88. The topological polar surface area (TPSA) is 71.6 Å². The first-order valence-corrected chi connectivity index (χ1v) is 9.29. The number of hydrogen-bond donors (Lipinski definition) is 3. The summed E-state index contributed by atoms with van der Waals surface area (Å²) in [6, 6.07) is 12.5. The molecule has 28 heavy (non-hydrogen) atoms. The predicted octanol–water partition coefficient (Wildman–Crippen LogP) is 3.79. The Labute approximate surface area is 173 Å². The Morgan fingerprint density at radius 3 is 2.46 bits per heavy atom. The number of methoxy groups -OCH3 is 2. The number of thiocarbonyl (C=S) groups is 1. The Kier molecular flexibility index (Phi) is 6.06. The lowest BCUT2D eigenvalue weighted by Crippen LogP contribution is -2.45. The number of allylic oxidation sites excluding steroid dienone is 1. The minimum absolute atomic E-state index is 0.295. The van der Waals surface area contributed by atoms with Crippen molar-refractivity contribution in [2.45, 2.75) is 13.0 Å². The van der Waals surface area contributed by atoms with Gasteiger partial charge in [-0.2, -0.15) is 0 Å². The highest BCUT2D eigenvalue weighted by Gasteiger charge is 2.30. The highest BCUT2D eigenvalue weighted by molar-refractivity contribution is 7.80. The number of amides is 1. The van der Waals surface area contributed by atoms with Crippen LogP contribution in [0.4, 0.5) is 5.69 Å². The summed E-state index contributed by atoms with van der Waals surface area (Å²) in [6.07, 6.45) is 0. The minimum Gasteiger partial charge on any atom is -0.495 e. The van der Waals surface area contributed by atoms with Crippen molar-refractivity contribution in [1.29, 1.82) is 0 Å². The number of benzene rings is 2. The third-order valence-electron chi connectivity index (χ3n) is 4.37. The van der Waals surface area contributed by atoms with Crippen molar-refractivity contribution < 1.29 is 14.3 Å². The van der Waals surface area contributed by atoms with Crippen molar-refractivity contribution in [3.63, 3.8) is 0 Å². The normalized spacial score (nSPS) is 16.1. The van der Waals surface area contributed by atoms with Gasteiger partial charge in [-0.3, -0.25) is 4.79 Å². The quantitative estimate of drug-likeness (QED) is 0.643. The number of rotatable bonds is 5. The molecule has 1 heterocycles. The molecule has 1 aliphatic heterocycles. The SMILES string of the molecule is COc1cc(NC(=O)C2=C(C)NC(=S)NC2c2ccccc2)c(OC)cc1Cl. The van der Waals surface area contributed by atoms with E-state index in [4.69, 9.17) is 33.3 Å². The second-order valence-corrected chi connectivity index (χ2v) is 6.94. The first-order chi connectivity index (χ1) is 13.4. The van der Waals surface area contributed by atoms with Crippen LogP contribution < -0.4 is 25.4 Å². The molecule has 3 N–H and O–H groups in total. The molecular weight excluding hydrogens is 398 g/mol. The van der Waals surface area contributed by atoms with E-state index in [2.05, 4.69) is 16.0 Å². The van der Waals surface area contributed by atoms with Crippen LogP contribution >= 0.6 is 23.8 Å². The minimum atomic E-state index is -0.379. The number of carbonyl (C=O) groups is 1. The van der Waals surface area contributed by atoms with Crippen LogP contribution in [0.2, 0.25) is 5.02 Å². The van der Waals surface area contributed by atoms with E-state index in [9.17, 15) is 4.79 Å². The lowest BCUT2D eigenvalue weighted by molar-refractivity contribution is -0.113. The number of carbonyl (C=O) groups excluding carboxylic acids is 1. The maximum atomic E-state index is 13.2. The van der Waals surface area contributed by atoms with Crippen LogP contribution in [0.1, 0.15) is 18.5 Å². The van der Waals surface area contributed by atoms with Crippen LogP contribution in [-0.4, -0.2) is 25.2 Å². The van der Waals surface area contributed by atoms with Gasteiger partial charge in [-0.1, -0.05) is 41.9 Å². The third kappa shape index (κ3) is 4.05. The van der Waals surface area contributed by atoms with Gasteiger partial charge in [0.1, 0.15) is 11.5 Å². The fraction of sp³-hybridized carbons (Fsp3) is 0.200. The molecule has 0 aliphatic carbocycles. The molecule has 1 amide bonds. The van der Waals surface area contributed by atoms with Crippen LogP contribution in [0.3, 0.4) is 0 Å². The summed E-state index contributed by atoms with van der Waals surface area (Å²) in [5.74, 6) is 0.571. The molecule has 0 saturated heterocycles. The van der Waals surface area contributed by atoms with Gasteiger partial charge in [-0.15, -0.1) is 0 Å². The van der Waals surface area contributed by atoms with E-state index in [1.807, 2.05) is 37.3 Å². The lowest BCUT2D eigenvalue weighted by atomic mass is 9.95. The Morgan fingerprint density at radius 2 is 1.82 bits per heavy atom.